The van der Waals surface area contributed by atoms with Crippen LogP contribution in [0.2, 0.25) is 5.02 Å². The predicted octanol–water partition coefficient (Wildman–Crippen LogP) is 3.18. The molecule has 0 spiro atoms. The largest absolute Gasteiger partial charge is 0.495 e. The summed E-state index contributed by atoms with van der Waals surface area (Å²) in [5.74, 6) is 0.681. The van der Waals surface area contributed by atoms with E-state index < -0.39 is 0 Å². The minimum atomic E-state index is 0.603. The lowest BCUT2D eigenvalue weighted by Gasteiger charge is -2.10. The molecule has 2 aromatic rings. The maximum Gasteiger partial charge on any atom is 0.137 e. The number of ether oxygens (including phenoxy) is 1. The molecule has 0 aliphatic rings. The number of halogens is 1. The van der Waals surface area contributed by atoms with Crippen LogP contribution in [0.1, 0.15) is 12.6 Å². The Morgan fingerprint density at radius 3 is 2.89 bits per heavy atom. The van der Waals surface area contributed by atoms with Crippen molar-refractivity contribution < 1.29 is 4.74 Å². The van der Waals surface area contributed by atoms with Crippen molar-refractivity contribution in [2.24, 2.45) is 0 Å². The number of rotatable bonds is 5. The molecule has 0 amide bonds. The molecule has 2 rings (SSSR count). The van der Waals surface area contributed by atoms with E-state index in [-0.39, 0.29) is 0 Å². The highest BCUT2D eigenvalue weighted by Crippen LogP contribution is 2.27. The summed E-state index contributed by atoms with van der Waals surface area (Å²) in [7, 11) is 1.61. The summed E-state index contributed by atoms with van der Waals surface area (Å²) in [5, 5.41) is 8.14. The van der Waals surface area contributed by atoms with Gasteiger partial charge in [0, 0.05) is 18.4 Å². The van der Waals surface area contributed by atoms with Crippen LogP contribution < -0.4 is 10.1 Å². The Bertz CT molecular complexity index is 525. The van der Waals surface area contributed by atoms with Crippen LogP contribution in [0.5, 0.6) is 5.75 Å². The molecule has 96 valence electrons. The first kappa shape index (κ1) is 12.8. The molecule has 5 heteroatoms. The molecule has 0 aliphatic carbocycles. The fourth-order valence-corrected chi connectivity index (χ4v) is 2.02. The topological polar surface area (TPSA) is 39.1 Å². The van der Waals surface area contributed by atoms with E-state index in [1.807, 2.05) is 35.1 Å². The molecule has 0 aliphatic heterocycles. The molecule has 0 fully saturated rings. The highest BCUT2D eigenvalue weighted by molar-refractivity contribution is 6.32. The second-order valence-corrected chi connectivity index (χ2v) is 4.25. The normalized spacial score (nSPS) is 10.4. The number of nitrogens with one attached hydrogen (secondary N) is 1. The SMILES string of the molecule is CCn1nccc1CNc1ccc(OC)c(Cl)c1. The average molecular weight is 266 g/mol. The first-order valence-electron chi connectivity index (χ1n) is 5.82. The van der Waals surface area contributed by atoms with Gasteiger partial charge in [-0.05, 0) is 31.2 Å². The zero-order valence-corrected chi connectivity index (χ0v) is 11.2. The van der Waals surface area contributed by atoms with Gasteiger partial charge in [-0.15, -0.1) is 0 Å². The molecule has 0 unspecified atom stereocenters. The molecule has 4 nitrogen and oxygen atoms in total. The number of anilines is 1. The van der Waals surface area contributed by atoms with Crippen LogP contribution in [-0.4, -0.2) is 16.9 Å². The molecule has 0 saturated carbocycles. The molecule has 0 radical (unpaired) electrons. The molecule has 0 bridgehead atoms. The second kappa shape index (κ2) is 5.78. The monoisotopic (exact) mass is 265 g/mol. The van der Waals surface area contributed by atoms with Gasteiger partial charge in [0.25, 0.3) is 0 Å². The number of nitrogens with zero attached hydrogens (tertiary/aromatic N) is 2. The molecule has 0 saturated heterocycles. The van der Waals surface area contributed by atoms with E-state index in [1.165, 1.54) is 0 Å². The standard InChI is InChI=1S/C13H16ClN3O/c1-3-17-11(6-7-16-17)9-15-10-4-5-13(18-2)12(14)8-10/h4-8,15H,3,9H2,1-2H3. The fourth-order valence-electron chi connectivity index (χ4n) is 1.76. The third-order valence-corrected chi connectivity index (χ3v) is 3.02. The van der Waals surface area contributed by atoms with Gasteiger partial charge in [0.15, 0.2) is 0 Å². The predicted molar refractivity (Wildman–Crippen MR) is 73.2 cm³/mol. The van der Waals surface area contributed by atoms with Crippen molar-refractivity contribution in [3.63, 3.8) is 0 Å². The van der Waals surface area contributed by atoms with Crippen LogP contribution in [-0.2, 0) is 13.1 Å². The quantitative estimate of drug-likeness (QED) is 0.903. The fraction of sp³-hybridized carbons (Fsp3) is 0.308. The smallest absolute Gasteiger partial charge is 0.137 e. The third kappa shape index (κ3) is 2.76. The molecule has 1 heterocycles. The van der Waals surface area contributed by atoms with Crippen LogP contribution in [0.15, 0.2) is 30.5 Å². The van der Waals surface area contributed by atoms with Gasteiger partial charge in [-0.3, -0.25) is 4.68 Å². The molecule has 0 atom stereocenters. The number of aryl methyl sites for hydroxylation is 1. The number of methoxy groups -OCH3 is 1. The van der Waals surface area contributed by atoms with Crippen molar-refractivity contribution in [3.8, 4) is 5.75 Å². The Kier molecular flexibility index (Phi) is 4.10. The molecule has 1 N–H and O–H groups in total. The number of hydrogen-bond acceptors (Lipinski definition) is 3. The lowest BCUT2D eigenvalue weighted by Crippen LogP contribution is -2.07. The van der Waals surface area contributed by atoms with E-state index in [2.05, 4.69) is 17.3 Å². The lowest BCUT2D eigenvalue weighted by molar-refractivity contribution is 0.415. The van der Waals surface area contributed by atoms with Crippen LogP contribution >= 0.6 is 11.6 Å². The van der Waals surface area contributed by atoms with Gasteiger partial charge >= 0.3 is 0 Å². The summed E-state index contributed by atoms with van der Waals surface area (Å²) in [6.45, 7) is 3.66. The van der Waals surface area contributed by atoms with Gasteiger partial charge in [0.1, 0.15) is 5.75 Å². The van der Waals surface area contributed by atoms with Gasteiger partial charge in [-0.2, -0.15) is 5.10 Å². The Balaban J connectivity index is 2.04. The summed E-state index contributed by atoms with van der Waals surface area (Å²) in [6.07, 6.45) is 1.81. The zero-order chi connectivity index (χ0) is 13.0. The highest BCUT2D eigenvalue weighted by Gasteiger charge is 2.03. The van der Waals surface area contributed by atoms with Crippen LogP contribution in [0.3, 0.4) is 0 Å². The van der Waals surface area contributed by atoms with E-state index in [9.17, 15) is 0 Å². The molecular formula is C13H16ClN3O. The Morgan fingerprint density at radius 1 is 1.39 bits per heavy atom. The van der Waals surface area contributed by atoms with E-state index >= 15 is 0 Å². The van der Waals surface area contributed by atoms with Gasteiger partial charge in [-0.25, -0.2) is 0 Å². The summed E-state index contributed by atoms with van der Waals surface area (Å²) in [5.41, 5.74) is 2.11. The summed E-state index contributed by atoms with van der Waals surface area (Å²) in [4.78, 5) is 0. The van der Waals surface area contributed by atoms with Gasteiger partial charge in [0.05, 0.1) is 24.4 Å². The van der Waals surface area contributed by atoms with Crippen LogP contribution in [0.25, 0.3) is 0 Å². The Morgan fingerprint density at radius 2 is 2.22 bits per heavy atom. The van der Waals surface area contributed by atoms with Crippen molar-refractivity contribution in [2.45, 2.75) is 20.0 Å². The molecule has 1 aromatic heterocycles. The minimum absolute atomic E-state index is 0.603. The van der Waals surface area contributed by atoms with E-state index in [4.69, 9.17) is 16.3 Å². The van der Waals surface area contributed by atoms with Crippen molar-refractivity contribution in [1.82, 2.24) is 9.78 Å². The lowest BCUT2D eigenvalue weighted by atomic mass is 10.3. The number of benzene rings is 1. The second-order valence-electron chi connectivity index (χ2n) is 3.84. The third-order valence-electron chi connectivity index (χ3n) is 2.73. The molecular weight excluding hydrogens is 250 g/mol. The maximum absolute atomic E-state index is 6.07. The van der Waals surface area contributed by atoms with Crippen molar-refractivity contribution in [2.75, 3.05) is 12.4 Å². The van der Waals surface area contributed by atoms with Crippen molar-refractivity contribution >= 4 is 17.3 Å². The Hall–Kier alpha value is -1.68. The molecule has 1 aromatic carbocycles. The summed E-state index contributed by atoms with van der Waals surface area (Å²) >= 11 is 6.07. The number of aromatic nitrogens is 2. The highest BCUT2D eigenvalue weighted by atomic mass is 35.5. The molecule has 18 heavy (non-hydrogen) atoms. The van der Waals surface area contributed by atoms with Crippen LogP contribution in [0, 0.1) is 0 Å². The summed E-state index contributed by atoms with van der Waals surface area (Å²) < 4.78 is 7.07. The van der Waals surface area contributed by atoms with Gasteiger partial charge in [-0.1, -0.05) is 11.6 Å². The van der Waals surface area contributed by atoms with Crippen LogP contribution in [0.4, 0.5) is 5.69 Å². The van der Waals surface area contributed by atoms with E-state index in [1.54, 1.807) is 7.11 Å². The Labute approximate surface area is 112 Å². The zero-order valence-electron chi connectivity index (χ0n) is 10.5. The maximum atomic E-state index is 6.07. The van der Waals surface area contributed by atoms with Gasteiger partial charge in [0.2, 0.25) is 0 Å². The summed E-state index contributed by atoms with van der Waals surface area (Å²) in [6, 6.07) is 7.65. The van der Waals surface area contributed by atoms with E-state index in [0.717, 1.165) is 24.5 Å². The first-order chi connectivity index (χ1) is 8.74. The minimum Gasteiger partial charge on any atom is -0.495 e. The van der Waals surface area contributed by atoms with Crippen molar-refractivity contribution in [3.05, 3.63) is 41.2 Å². The van der Waals surface area contributed by atoms with Gasteiger partial charge < -0.3 is 10.1 Å². The average Bonchev–Trinajstić information content (AvgIpc) is 2.84. The van der Waals surface area contributed by atoms with E-state index in [0.29, 0.717) is 10.8 Å². The first-order valence-corrected chi connectivity index (χ1v) is 6.20. The number of hydrogen-bond donors (Lipinski definition) is 1. The van der Waals surface area contributed by atoms with Crippen molar-refractivity contribution in [1.29, 1.82) is 0 Å².